The maximum absolute atomic E-state index is 11.1. The van der Waals surface area contributed by atoms with Gasteiger partial charge in [-0.05, 0) is 32.8 Å². The summed E-state index contributed by atoms with van der Waals surface area (Å²) in [5.74, 6) is -0.351. The fraction of sp³-hybridized carbons (Fsp3) is 0.455. The van der Waals surface area contributed by atoms with Gasteiger partial charge in [0.15, 0.2) is 5.78 Å². The summed E-state index contributed by atoms with van der Waals surface area (Å²) in [7, 11) is 0. The van der Waals surface area contributed by atoms with Crippen molar-refractivity contribution >= 4 is 11.8 Å². The van der Waals surface area contributed by atoms with Gasteiger partial charge in [-0.25, -0.2) is 4.79 Å². The van der Waals surface area contributed by atoms with Crippen molar-refractivity contribution in [1.29, 1.82) is 0 Å². The van der Waals surface area contributed by atoms with E-state index in [1.807, 2.05) is 0 Å². The fourth-order valence-electron chi connectivity index (χ4n) is 0.842. The standard InChI is InChI=1S/C11H16O3/c1-4-14-11(13)9(2)7-5-6-8-10(3)12/h6,8H,2,4-5,7H2,1,3H3/b8-6+. The molecule has 0 aliphatic rings. The number of carbonyl (C=O) groups is 2. The fourth-order valence-corrected chi connectivity index (χ4v) is 0.842. The first-order valence-corrected chi connectivity index (χ1v) is 4.60. The molecule has 0 aromatic rings. The predicted octanol–water partition coefficient (Wildman–Crippen LogP) is 2.03. The molecule has 0 amide bonds. The van der Waals surface area contributed by atoms with Gasteiger partial charge in [-0.15, -0.1) is 0 Å². The number of ether oxygens (including phenoxy) is 1. The van der Waals surface area contributed by atoms with Gasteiger partial charge in [-0.2, -0.15) is 0 Å². The summed E-state index contributed by atoms with van der Waals surface area (Å²) >= 11 is 0. The molecule has 3 heteroatoms. The minimum atomic E-state index is -0.358. The Labute approximate surface area is 84.4 Å². The Kier molecular flexibility index (Phi) is 6.37. The van der Waals surface area contributed by atoms with Crippen LogP contribution in [0.2, 0.25) is 0 Å². The molecule has 0 saturated carbocycles. The van der Waals surface area contributed by atoms with Crippen LogP contribution in [0.1, 0.15) is 26.7 Å². The molecule has 0 aliphatic heterocycles. The number of hydrogen-bond donors (Lipinski definition) is 0. The molecule has 14 heavy (non-hydrogen) atoms. The first-order valence-electron chi connectivity index (χ1n) is 4.60. The molecule has 0 aromatic heterocycles. The molecule has 0 atom stereocenters. The second-order valence-corrected chi connectivity index (χ2v) is 2.88. The van der Waals surface area contributed by atoms with Crippen LogP contribution in [0.3, 0.4) is 0 Å². The molecule has 3 nitrogen and oxygen atoms in total. The number of allylic oxidation sites excluding steroid dienone is 2. The molecule has 0 rings (SSSR count). The van der Waals surface area contributed by atoms with Crippen molar-refractivity contribution in [3.05, 3.63) is 24.3 Å². The summed E-state index contributed by atoms with van der Waals surface area (Å²) < 4.78 is 4.75. The monoisotopic (exact) mass is 196 g/mol. The van der Waals surface area contributed by atoms with Crippen molar-refractivity contribution in [3.63, 3.8) is 0 Å². The third-order valence-electron chi connectivity index (χ3n) is 1.53. The van der Waals surface area contributed by atoms with E-state index in [1.165, 1.54) is 13.0 Å². The topological polar surface area (TPSA) is 43.4 Å². The third kappa shape index (κ3) is 6.17. The summed E-state index contributed by atoms with van der Waals surface area (Å²) in [6.07, 6.45) is 4.38. The molecule has 78 valence electrons. The van der Waals surface area contributed by atoms with Crippen LogP contribution in [0.15, 0.2) is 24.3 Å². The lowest BCUT2D eigenvalue weighted by atomic mass is 10.1. The molecule has 0 aliphatic carbocycles. The molecule has 0 saturated heterocycles. The smallest absolute Gasteiger partial charge is 0.333 e. The minimum absolute atomic E-state index is 0.00625. The number of hydrogen-bond acceptors (Lipinski definition) is 3. The van der Waals surface area contributed by atoms with Gasteiger partial charge in [-0.3, -0.25) is 4.79 Å². The quantitative estimate of drug-likeness (QED) is 0.482. The van der Waals surface area contributed by atoms with Crippen molar-refractivity contribution in [1.82, 2.24) is 0 Å². The van der Waals surface area contributed by atoms with E-state index < -0.39 is 0 Å². The lowest BCUT2D eigenvalue weighted by Crippen LogP contribution is -2.06. The van der Waals surface area contributed by atoms with Gasteiger partial charge in [0.25, 0.3) is 0 Å². The van der Waals surface area contributed by atoms with Crippen LogP contribution in [0, 0.1) is 0 Å². The second-order valence-electron chi connectivity index (χ2n) is 2.88. The van der Waals surface area contributed by atoms with E-state index in [9.17, 15) is 9.59 Å². The highest BCUT2D eigenvalue weighted by Gasteiger charge is 2.05. The molecule has 0 radical (unpaired) electrons. The van der Waals surface area contributed by atoms with E-state index in [1.54, 1.807) is 13.0 Å². The Morgan fingerprint density at radius 1 is 1.43 bits per heavy atom. The van der Waals surface area contributed by atoms with E-state index in [-0.39, 0.29) is 11.8 Å². The molecular formula is C11H16O3. The largest absolute Gasteiger partial charge is 0.463 e. The normalized spacial score (nSPS) is 10.1. The number of carbonyl (C=O) groups excluding carboxylic acids is 2. The van der Waals surface area contributed by atoms with Crippen molar-refractivity contribution in [3.8, 4) is 0 Å². The highest BCUT2D eigenvalue weighted by molar-refractivity contribution is 5.88. The van der Waals surface area contributed by atoms with Crippen LogP contribution in [0.25, 0.3) is 0 Å². The van der Waals surface area contributed by atoms with Gasteiger partial charge in [0.1, 0.15) is 0 Å². The van der Waals surface area contributed by atoms with Crippen LogP contribution >= 0.6 is 0 Å². The number of rotatable bonds is 6. The molecular weight excluding hydrogens is 180 g/mol. The second kappa shape index (κ2) is 7.06. The Bertz CT molecular complexity index is 251. The molecule has 0 heterocycles. The average Bonchev–Trinajstić information content (AvgIpc) is 2.12. The van der Waals surface area contributed by atoms with Crippen molar-refractivity contribution in [2.24, 2.45) is 0 Å². The zero-order valence-corrected chi connectivity index (χ0v) is 8.71. The molecule has 0 N–H and O–H groups in total. The molecule has 0 fully saturated rings. The zero-order valence-electron chi connectivity index (χ0n) is 8.71. The van der Waals surface area contributed by atoms with Gasteiger partial charge in [0, 0.05) is 5.57 Å². The SMILES string of the molecule is C=C(CC/C=C/C(C)=O)C(=O)OCC. The maximum atomic E-state index is 11.1. The third-order valence-corrected chi connectivity index (χ3v) is 1.53. The molecule has 0 spiro atoms. The van der Waals surface area contributed by atoms with Crippen LogP contribution in [-0.2, 0) is 14.3 Å². The van der Waals surface area contributed by atoms with Crippen LogP contribution in [0.4, 0.5) is 0 Å². The summed E-state index contributed by atoms with van der Waals surface area (Å²) in [6.45, 7) is 7.19. The lowest BCUT2D eigenvalue weighted by molar-refractivity contribution is -0.138. The van der Waals surface area contributed by atoms with Crippen LogP contribution < -0.4 is 0 Å². The maximum Gasteiger partial charge on any atom is 0.333 e. The highest BCUT2D eigenvalue weighted by atomic mass is 16.5. The van der Waals surface area contributed by atoms with E-state index in [4.69, 9.17) is 4.74 Å². The lowest BCUT2D eigenvalue weighted by Gasteiger charge is -2.02. The van der Waals surface area contributed by atoms with E-state index >= 15 is 0 Å². The van der Waals surface area contributed by atoms with Gasteiger partial charge in [0.05, 0.1) is 6.61 Å². The first kappa shape index (κ1) is 12.6. The summed E-state index contributed by atoms with van der Waals surface area (Å²) in [4.78, 5) is 21.6. The average molecular weight is 196 g/mol. The summed E-state index contributed by atoms with van der Waals surface area (Å²) in [6, 6.07) is 0. The van der Waals surface area contributed by atoms with Gasteiger partial charge in [-0.1, -0.05) is 12.7 Å². The van der Waals surface area contributed by atoms with E-state index in [0.29, 0.717) is 25.0 Å². The molecule has 0 unspecified atom stereocenters. The minimum Gasteiger partial charge on any atom is -0.463 e. The first-order chi connectivity index (χ1) is 6.57. The van der Waals surface area contributed by atoms with Crippen molar-refractivity contribution in [2.45, 2.75) is 26.7 Å². The van der Waals surface area contributed by atoms with Crippen LogP contribution in [0.5, 0.6) is 0 Å². The molecule has 0 bridgehead atoms. The Morgan fingerprint density at radius 3 is 2.57 bits per heavy atom. The van der Waals surface area contributed by atoms with E-state index in [2.05, 4.69) is 6.58 Å². The number of ketones is 1. The van der Waals surface area contributed by atoms with Crippen molar-refractivity contribution < 1.29 is 14.3 Å². The highest BCUT2D eigenvalue weighted by Crippen LogP contribution is 2.05. The van der Waals surface area contributed by atoms with Gasteiger partial charge < -0.3 is 4.74 Å². The number of esters is 1. The van der Waals surface area contributed by atoms with Gasteiger partial charge in [0.2, 0.25) is 0 Å². The Hall–Kier alpha value is -1.38. The summed E-state index contributed by atoms with van der Waals surface area (Å²) in [5, 5.41) is 0. The Balaban J connectivity index is 3.74. The predicted molar refractivity (Wildman–Crippen MR) is 54.8 cm³/mol. The van der Waals surface area contributed by atoms with E-state index in [0.717, 1.165) is 0 Å². The van der Waals surface area contributed by atoms with Crippen molar-refractivity contribution in [2.75, 3.05) is 6.61 Å². The summed E-state index contributed by atoms with van der Waals surface area (Å²) in [5.41, 5.74) is 0.444. The van der Waals surface area contributed by atoms with Crippen LogP contribution in [-0.4, -0.2) is 18.4 Å². The van der Waals surface area contributed by atoms with Gasteiger partial charge >= 0.3 is 5.97 Å². The zero-order chi connectivity index (χ0) is 11.0. The Morgan fingerprint density at radius 2 is 2.07 bits per heavy atom. The molecule has 0 aromatic carbocycles.